The topological polar surface area (TPSA) is 57.5 Å². The van der Waals surface area contributed by atoms with E-state index in [1.165, 1.54) is 12.8 Å². The number of rotatable bonds is 8. The van der Waals surface area contributed by atoms with Gasteiger partial charge in [-0.1, -0.05) is 12.1 Å². The Labute approximate surface area is 175 Å². The predicted octanol–water partition coefficient (Wildman–Crippen LogP) is 4.75. The van der Waals surface area contributed by atoms with Crippen molar-refractivity contribution in [2.45, 2.75) is 56.6 Å². The Balaban J connectivity index is 1.38. The second kappa shape index (κ2) is 8.76. The van der Waals surface area contributed by atoms with Gasteiger partial charge in [0.15, 0.2) is 6.61 Å². The fourth-order valence-electron chi connectivity index (χ4n) is 3.96. The summed E-state index contributed by atoms with van der Waals surface area (Å²) >= 11 is 1.61. The van der Waals surface area contributed by atoms with Crippen molar-refractivity contribution in [1.82, 2.24) is 4.57 Å². The van der Waals surface area contributed by atoms with E-state index in [4.69, 9.17) is 9.47 Å². The molecule has 0 spiro atoms. The third kappa shape index (κ3) is 4.59. The quantitative estimate of drug-likeness (QED) is 0.355. The molecule has 1 aromatic carbocycles. The second-order valence-electron chi connectivity index (χ2n) is 7.83. The van der Waals surface area contributed by atoms with Crippen molar-refractivity contribution in [2.24, 2.45) is 0 Å². The number of esters is 1. The number of ether oxygens (including phenoxy) is 2. The molecule has 1 atom stereocenters. The van der Waals surface area contributed by atoms with E-state index in [1.54, 1.807) is 17.8 Å². The molecular formula is C23H27NO4S. The van der Waals surface area contributed by atoms with Crippen molar-refractivity contribution in [3.8, 4) is 0 Å². The SMILES string of the molecule is Cc1cc(C(=O)COC(=O)c2ccccc2SC[C@@H]2CCCO2)c(C)n1C1CC1. The predicted molar refractivity (Wildman–Crippen MR) is 113 cm³/mol. The molecule has 29 heavy (non-hydrogen) atoms. The molecule has 1 saturated heterocycles. The van der Waals surface area contributed by atoms with Crippen LogP contribution in [0.4, 0.5) is 0 Å². The largest absolute Gasteiger partial charge is 0.454 e. The van der Waals surface area contributed by atoms with Crippen LogP contribution in [0.3, 0.4) is 0 Å². The highest BCUT2D eigenvalue weighted by Crippen LogP contribution is 2.38. The van der Waals surface area contributed by atoms with Crippen molar-refractivity contribution in [3.05, 3.63) is 52.8 Å². The van der Waals surface area contributed by atoms with Crippen LogP contribution in [0.15, 0.2) is 35.2 Å². The van der Waals surface area contributed by atoms with E-state index in [-0.39, 0.29) is 18.5 Å². The van der Waals surface area contributed by atoms with E-state index >= 15 is 0 Å². The Kier molecular flexibility index (Phi) is 6.11. The average molecular weight is 414 g/mol. The van der Waals surface area contributed by atoms with E-state index in [0.717, 1.165) is 41.5 Å². The van der Waals surface area contributed by atoms with Crippen LogP contribution in [-0.4, -0.2) is 41.4 Å². The third-order valence-corrected chi connectivity index (χ3v) is 6.79. The first kappa shape index (κ1) is 20.2. The smallest absolute Gasteiger partial charge is 0.339 e. The van der Waals surface area contributed by atoms with E-state index in [1.807, 2.05) is 38.1 Å². The number of hydrogen-bond donors (Lipinski definition) is 0. The van der Waals surface area contributed by atoms with Gasteiger partial charge >= 0.3 is 5.97 Å². The minimum atomic E-state index is -0.454. The number of Topliss-reactive ketones (excluding diaryl/α,β-unsaturated/α-hetero) is 1. The number of carbonyl (C=O) groups excluding carboxylic acids is 2. The van der Waals surface area contributed by atoms with E-state index in [0.29, 0.717) is 17.2 Å². The Morgan fingerprint density at radius 3 is 2.69 bits per heavy atom. The van der Waals surface area contributed by atoms with Crippen LogP contribution in [0.2, 0.25) is 0 Å². The van der Waals surface area contributed by atoms with E-state index in [2.05, 4.69) is 4.57 Å². The number of nitrogens with zero attached hydrogens (tertiary/aromatic N) is 1. The lowest BCUT2D eigenvalue weighted by atomic mass is 10.1. The van der Waals surface area contributed by atoms with E-state index in [9.17, 15) is 9.59 Å². The lowest BCUT2D eigenvalue weighted by Gasteiger charge is -2.12. The maximum atomic E-state index is 12.7. The van der Waals surface area contributed by atoms with Gasteiger partial charge in [0.2, 0.25) is 5.78 Å². The van der Waals surface area contributed by atoms with Crippen molar-refractivity contribution in [3.63, 3.8) is 0 Å². The molecule has 1 aliphatic carbocycles. The second-order valence-corrected chi connectivity index (χ2v) is 8.89. The van der Waals surface area contributed by atoms with Crippen LogP contribution >= 0.6 is 11.8 Å². The number of ketones is 1. The van der Waals surface area contributed by atoms with Crippen LogP contribution in [0.5, 0.6) is 0 Å². The van der Waals surface area contributed by atoms with Gasteiger partial charge in [0.25, 0.3) is 0 Å². The molecule has 1 aromatic heterocycles. The van der Waals surface area contributed by atoms with Crippen LogP contribution in [-0.2, 0) is 9.47 Å². The summed E-state index contributed by atoms with van der Waals surface area (Å²) in [6.07, 6.45) is 4.73. The first-order valence-corrected chi connectivity index (χ1v) is 11.3. The molecule has 1 saturated carbocycles. The minimum Gasteiger partial charge on any atom is -0.454 e. The van der Waals surface area contributed by atoms with Gasteiger partial charge in [-0.05, 0) is 57.7 Å². The van der Waals surface area contributed by atoms with E-state index < -0.39 is 5.97 Å². The number of benzene rings is 1. The highest BCUT2D eigenvalue weighted by molar-refractivity contribution is 7.99. The lowest BCUT2D eigenvalue weighted by Crippen LogP contribution is -2.16. The van der Waals surface area contributed by atoms with Gasteiger partial charge in [-0.25, -0.2) is 4.79 Å². The van der Waals surface area contributed by atoms with Crippen LogP contribution in [0, 0.1) is 13.8 Å². The Morgan fingerprint density at radius 1 is 1.17 bits per heavy atom. The van der Waals surface area contributed by atoms with Gasteiger partial charge in [0.1, 0.15) is 0 Å². The van der Waals surface area contributed by atoms with Gasteiger partial charge in [-0.15, -0.1) is 11.8 Å². The molecule has 0 radical (unpaired) electrons. The monoisotopic (exact) mass is 413 g/mol. The lowest BCUT2D eigenvalue weighted by molar-refractivity contribution is 0.0471. The summed E-state index contributed by atoms with van der Waals surface area (Å²) in [5.74, 6) is 0.212. The molecule has 4 rings (SSSR count). The number of carbonyl (C=O) groups is 2. The summed E-state index contributed by atoms with van der Waals surface area (Å²) in [6, 6.07) is 9.83. The Morgan fingerprint density at radius 2 is 1.97 bits per heavy atom. The molecule has 6 heteroatoms. The molecule has 2 fully saturated rings. The molecule has 5 nitrogen and oxygen atoms in total. The molecule has 2 aromatic rings. The summed E-state index contributed by atoms with van der Waals surface area (Å²) in [5.41, 5.74) is 3.23. The first-order chi connectivity index (χ1) is 14.0. The maximum Gasteiger partial charge on any atom is 0.339 e. The standard InChI is InChI=1S/C23H27NO4S/c1-15-12-20(16(2)24(15)17-9-10-17)21(25)13-28-23(26)19-7-3-4-8-22(19)29-14-18-6-5-11-27-18/h3-4,7-8,12,17-18H,5-6,9-11,13-14H2,1-2H3/t18-/m0/s1. The Hall–Kier alpha value is -2.05. The number of hydrogen-bond acceptors (Lipinski definition) is 5. The average Bonchev–Trinajstić information content (AvgIpc) is 3.31. The molecule has 154 valence electrons. The number of thioether (sulfide) groups is 1. The highest BCUT2D eigenvalue weighted by atomic mass is 32.2. The van der Waals surface area contributed by atoms with Crippen molar-refractivity contribution >= 4 is 23.5 Å². The van der Waals surface area contributed by atoms with Crippen LogP contribution in [0.25, 0.3) is 0 Å². The number of aryl methyl sites for hydroxylation is 1. The fraction of sp³-hybridized carbons (Fsp3) is 0.478. The van der Waals surface area contributed by atoms with Crippen LogP contribution in [0.1, 0.15) is 63.8 Å². The molecule has 2 aliphatic rings. The summed E-state index contributed by atoms with van der Waals surface area (Å²) < 4.78 is 13.3. The zero-order valence-electron chi connectivity index (χ0n) is 17.0. The molecule has 0 unspecified atom stereocenters. The first-order valence-electron chi connectivity index (χ1n) is 10.3. The summed E-state index contributed by atoms with van der Waals surface area (Å²) in [4.78, 5) is 26.2. The van der Waals surface area contributed by atoms with Crippen molar-refractivity contribution in [1.29, 1.82) is 0 Å². The maximum absolute atomic E-state index is 12.7. The van der Waals surface area contributed by atoms with Crippen molar-refractivity contribution in [2.75, 3.05) is 19.0 Å². The highest BCUT2D eigenvalue weighted by Gasteiger charge is 2.28. The summed E-state index contributed by atoms with van der Waals surface area (Å²) in [5, 5.41) is 0. The van der Waals surface area contributed by atoms with Gasteiger partial charge in [0.05, 0.1) is 11.7 Å². The molecular weight excluding hydrogens is 386 g/mol. The van der Waals surface area contributed by atoms with Gasteiger partial charge < -0.3 is 14.0 Å². The fourth-order valence-corrected chi connectivity index (χ4v) is 5.07. The molecule has 0 amide bonds. The van der Waals surface area contributed by atoms with Crippen molar-refractivity contribution < 1.29 is 19.1 Å². The minimum absolute atomic E-state index is 0.150. The molecule has 1 aliphatic heterocycles. The molecule has 2 heterocycles. The van der Waals surface area contributed by atoms with Gasteiger partial charge in [-0.3, -0.25) is 4.79 Å². The third-order valence-electron chi connectivity index (χ3n) is 5.59. The van der Waals surface area contributed by atoms with Gasteiger partial charge in [-0.2, -0.15) is 0 Å². The number of aromatic nitrogens is 1. The molecule has 0 N–H and O–H groups in total. The summed E-state index contributed by atoms with van der Waals surface area (Å²) in [6.45, 7) is 4.57. The van der Waals surface area contributed by atoms with Gasteiger partial charge in [0, 0.05) is 40.2 Å². The Bertz CT molecular complexity index is 910. The zero-order valence-corrected chi connectivity index (χ0v) is 17.8. The zero-order chi connectivity index (χ0) is 20.4. The van der Waals surface area contributed by atoms with Crippen LogP contribution < -0.4 is 0 Å². The molecule has 0 bridgehead atoms. The summed E-state index contributed by atoms with van der Waals surface area (Å²) in [7, 11) is 0. The normalized spacial score (nSPS) is 18.8.